The Balaban J connectivity index is 1.76. The zero-order chi connectivity index (χ0) is 24.4. The molecule has 4 rings (SSSR count). The molecule has 1 aliphatic heterocycles. The van der Waals surface area contributed by atoms with E-state index in [1.807, 2.05) is 37.2 Å². The predicted molar refractivity (Wildman–Crippen MR) is 131 cm³/mol. The summed E-state index contributed by atoms with van der Waals surface area (Å²) in [6.45, 7) is 0.904. The molecule has 0 saturated heterocycles. The summed E-state index contributed by atoms with van der Waals surface area (Å²) in [5.74, 6) is 0.968. The van der Waals surface area contributed by atoms with Gasteiger partial charge in [-0.15, -0.1) is 0 Å². The van der Waals surface area contributed by atoms with Gasteiger partial charge in [0, 0.05) is 35.8 Å². The van der Waals surface area contributed by atoms with Gasteiger partial charge in [0.2, 0.25) is 5.75 Å². The molecule has 3 aromatic carbocycles. The summed E-state index contributed by atoms with van der Waals surface area (Å²) in [6.07, 6.45) is 1.67. The molecule has 1 heterocycles. The highest BCUT2D eigenvalue weighted by molar-refractivity contribution is 6.26. The Kier molecular flexibility index (Phi) is 6.51. The number of nitrogens with zero attached hydrogens (tertiary/aromatic N) is 3. The van der Waals surface area contributed by atoms with Crippen molar-refractivity contribution in [3.05, 3.63) is 59.2 Å². The third-order valence-corrected chi connectivity index (χ3v) is 5.73. The molecule has 1 aliphatic rings. The molecule has 34 heavy (non-hydrogen) atoms. The predicted octanol–water partition coefficient (Wildman–Crippen LogP) is 3.77. The lowest BCUT2D eigenvalue weighted by molar-refractivity contribution is 0.0601. The van der Waals surface area contributed by atoms with Gasteiger partial charge >= 0.3 is 0 Å². The first-order valence-corrected chi connectivity index (χ1v) is 10.8. The van der Waals surface area contributed by atoms with Crippen molar-refractivity contribution >= 4 is 34.5 Å². The van der Waals surface area contributed by atoms with Gasteiger partial charge in [-0.3, -0.25) is 19.5 Å². The van der Waals surface area contributed by atoms with Crippen molar-refractivity contribution in [1.82, 2.24) is 9.80 Å². The number of rotatable bonds is 8. The molecule has 0 spiro atoms. The van der Waals surface area contributed by atoms with Crippen LogP contribution in [-0.2, 0) is 0 Å². The van der Waals surface area contributed by atoms with Gasteiger partial charge in [-0.25, -0.2) is 0 Å². The molecule has 8 nitrogen and oxygen atoms in total. The average Bonchev–Trinajstić information content (AvgIpc) is 2.84. The minimum absolute atomic E-state index is 0.265. The summed E-state index contributed by atoms with van der Waals surface area (Å²) in [7, 11) is 8.47. The number of methoxy groups -OCH3 is 3. The Morgan fingerprint density at radius 2 is 1.59 bits per heavy atom. The first kappa shape index (κ1) is 23.3. The monoisotopic (exact) mass is 461 g/mol. The third-order valence-electron chi connectivity index (χ3n) is 5.73. The first-order valence-electron chi connectivity index (χ1n) is 10.8. The molecule has 8 heteroatoms. The van der Waals surface area contributed by atoms with Crippen LogP contribution in [0.4, 0.5) is 5.69 Å². The lowest BCUT2D eigenvalue weighted by Crippen LogP contribution is -2.43. The molecule has 0 saturated carbocycles. The second-order valence-electron chi connectivity index (χ2n) is 8.18. The van der Waals surface area contributed by atoms with Crippen LogP contribution in [0.1, 0.15) is 26.3 Å². The van der Waals surface area contributed by atoms with Gasteiger partial charge in [0.15, 0.2) is 11.5 Å². The summed E-state index contributed by atoms with van der Waals surface area (Å²) in [6, 6.07) is 12.7. The van der Waals surface area contributed by atoms with Crippen LogP contribution in [-0.4, -0.2) is 76.3 Å². The average molecular weight is 462 g/mol. The number of likely N-dealkylation sites (N-methyl/N-ethyl adjacent to an activating group) is 1. The quantitative estimate of drug-likeness (QED) is 0.375. The van der Waals surface area contributed by atoms with E-state index >= 15 is 0 Å². The molecular formula is C26H27N3O5. The minimum Gasteiger partial charge on any atom is -0.493 e. The molecule has 0 fully saturated rings. The number of hydrogen-bond donors (Lipinski definition) is 0. The molecule has 0 bridgehead atoms. The summed E-state index contributed by atoms with van der Waals surface area (Å²) >= 11 is 0. The van der Waals surface area contributed by atoms with E-state index in [1.165, 1.54) is 4.90 Å². The maximum Gasteiger partial charge on any atom is 0.261 e. The topological polar surface area (TPSA) is 80.7 Å². The summed E-state index contributed by atoms with van der Waals surface area (Å²) in [4.78, 5) is 34.2. The number of benzene rings is 3. The Morgan fingerprint density at radius 1 is 0.912 bits per heavy atom. The second-order valence-corrected chi connectivity index (χ2v) is 8.18. The van der Waals surface area contributed by atoms with Gasteiger partial charge in [0.1, 0.15) is 0 Å². The Morgan fingerprint density at radius 3 is 2.21 bits per heavy atom. The highest BCUT2D eigenvalue weighted by Crippen LogP contribution is 2.38. The van der Waals surface area contributed by atoms with Crippen LogP contribution in [0, 0.1) is 0 Å². The number of carbonyl (C=O) groups excluding carboxylic acids is 2. The smallest absolute Gasteiger partial charge is 0.261 e. The molecule has 0 radical (unpaired) electrons. The molecule has 176 valence electrons. The number of carbonyl (C=O) groups is 2. The van der Waals surface area contributed by atoms with Gasteiger partial charge in [-0.05, 0) is 49.8 Å². The van der Waals surface area contributed by atoms with Crippen molar-refractivity contribution in [1.29, 1.82) is 0 Å². The molecule has 3 aromatic rings. The van der Waals surface area contributed by atoms with E-state index in [0.717, 1.165) is 10.9 Å². The van der Waals surface area contributed by atoms with E-state index < -0.39 is 0 Å². The van der Waals surface area contributed by atoms with E-state index in [0.29, 0.717) is 52.5 Å². The largest absolute Gasteiger partial charge is 0.493 e. The van der Waals surface area contributed by atoms with Crippen LogP contribution in [0.5, 0.6) is 17.2 Å². The summed E-state index contributed by atoms with van der Waals surface area (Å²) in [5, 5.41) is 1.46. The molecule has 0 atom stereocenters. The van der Waals surface area contributed by atoms with Crippen LogP contribution >= 0.6 is 0 Å². The standard InChI is InChI=1S/C26H27N3O5/c1-28(2)9-10-29-25(30)19-8-6-7-17-13-18(14-20(23(17)19)26(29)31)27-15-16-11-21(32-3)24(34-5)22(12-16)33-4/h6-8,11-15H,9-10H2,1-5H3. The second kappa shape index (κ2) is 9.52. The normalized spacial score (nSPS) is 13.3. The molecule has 2 amide bonds. The molecule has 0 unspecified atom stereocenters. The minimum atomic E-state index is -0.305. The third kappa shape index (κ3) is 4.20. The number of aliphatic imine (C=N–C) groups is 1. The van der Waals surface area contributed by atoms with Gasteiger partial charge in [0.05, 0.1) is 32.6 Å². The van der Waals surface area contributed by atoms with E-state index in [9.17, 15) is 9.59 Å². The van der Waals surface area contributed by atoms with Crippen molar-refractivity contribution < 1.29 is 23.8 Å². The highest BCUT2D eigenvalue weighted by Gasteiger charge is 2.32. The fraction of sp³-hybridized carbons (Fsp3) is 0.269. The van der Waals surface area contributed by atoms with Crippen molar-refractivity contribution in [2.75, 3.05) is 48.5 Å². The number of imide groups is 1. The summed E-state index contributed by atoms with van der Waals surface area (Å²) in [5.41, 5.74) is 2.35. The van der Waals surface area contributed by atoms with Crippen LogP contribution in [0.3, 0.4) is 0 Å². The van der Waals surface area contributed by atoms with E-state index in [-0.39, 0.29) is 11.8 Å². The Labute approximate surface area is 198 Å². The zero-order valence-electron chi connectivity index (χ0n) is 19.9. The van der Waals surface area contributed by atoms with Crippen LogP contribution in [0.2, 0.25) is 0 Å². The van der Waals surface area contributed by atoms with E-state index in [1.54, 1.807) is 51.8 Å². The van der Waals surface area contributed by atoms with Crippen LogP contribution in [0.15, 0.2) is 47.5 Å². The van der Waals surface area contributed by atoms with Gasteiger partial charge in [0.25, 0.3) is 11.8 Å². The lowest BCUT2D eigenvalue weighted by Gasteiger charge is -2.28. The maximum atomic E-state index is 13.3. The van der Waals surface area contributed by atoms with Crippen LogP contribution in [0.25, 0.3) is 10.8 Å². The fourth-order valence-corrected chi connectivity index (χ4v) is 4.04. The van der Waals surface area contributed by atoms with Gasteiger partial charge < -0.3 is 19.1 Å². The highest BCUT2D eigenvalue weighted by atomic mass is 16.5. The van der Waals surface area contributed by atoms with Crippen molar-refractivity contribution in [2.24, 2.45) is 4.99 Å². The number of ether oxygens (including phenoxy) is 3. The van der Waals surface area contributed by atoms with E-state index in [4.69, 9.17) is 14.2 Å². The Hall–Kier alpha value is -3.91. The Bertz CT molecular complexity index is 1270. The van der Waals surface area contributed by atoms with Crippen molar-refractivity contribution in [3.63, 3.8) is 0 Å². The lowest BCUT2D eigenvalue weighted by atomic mass is 9.93. The number of amides is 2. The molecule has 0 aliphatic carbocycles. The molecule has 0 N–H and O–H groups in total. The van der Waals surface area contributed by atoms with Crippen molar-refractivity contribution in [2.45, 2.75) is 0 Å². The van der Waals surface area contributed by atoms with Crippen LogP contribution < -0.4 is 14.2 Å². The number of hydrogen-bond acceptors (Lipinski definition) is 7. The SMILES string of the molecule is COc1cc(C=Nc2cc3c4c(cccc4c2)C(=O)N(CCN(C)C)C3=O)cc(OC)c1OC. The molecular weight excluding hydrogens is 434 g/mol. The van der Waals surface area contributed by atoms with Crippen molar-refractivity contribution in [3.8, 4) is 17.2 Å². The van der Waals surface area contributed by atoms with E-state index in [2.05, 4.69) is 4.99 Å². The van der Waals surface area contributed by atoms with Gasteiger partial charge in [-0.1, -0.05) is 12.1 Å². The maximum absolute atomic E-state index is 13.3. The van der Waals surface area contributed by atoms with Gasteiger partial charge in [-0.2, -0.15) is 0 Å². The molecule has 0 aromatic heterocycles. The fourth-order valence-electron chi connectivity index (χ4n) is 4.04. The summed E-state index contributed by atoms with van der Waals surface area (Å²) < 4.78 is 16.2. The first-order chi connectivity index (χ1) is 16.4. The zero-order valence-corrected chi connectivity index (χ0v) is 19.9.